The third kappa shape index (κ3) is 5.85. The van der Waals surface area contributed by atoms with Crippen molar-refractivity contribution < 1.29 is 9.32 Å². The fourth-order valence-electron chi connectivity index (χ4n) is 3.16. The van der Waals surface area contributed by atoms with Crippen LogP contribution in [0.3, 0.4) is 0 Å². The zero-order valence-electron chi connectivity index (χ0n) is 15.8. The molecule has 1 heterocycles. The maximum absolute atomic E-state index is 12.3. The van der Waals surface area contributed by atoms with E-state index >= 15 is 0 Å². The molecule has 1 aromatic heterocycles. The van der Waals surface area contributed by atoms with Gasteiger partial charge in [-0.05, 0) is 50.0 Å². The van der Waals surface area contributed by atoms with E-state index in [0.29, 0.717) is 19.4 Å². The van der Waals surface area contributed by atoms with Crippen LogP contribution < -0.4 is 5.32 Å². The highest BCUT2D eigenvalue weighted by Crippen LogP contribution is 2.20. The number of hydrogen-bond acceptors (Lipinski definition) is 4. The third-order valence-electron chi connectivity index (χ3n) is 4.72. The SMILES string of the molecule is CCN(CC)C(CNC(=O)CCc1c(C)noc1Cl)Cc1ccccc1. The lowest BCUT2D eigenvalue weighted by Gasteiger charge is -2.30. The Hall–Kier alpha value is -1.85. The predicted molar refractivity (Wildman–Crippen MR) is 104 cm³/mol. The smallest absolute Gasteiger partial charge is 0.229 e. The molecule has 1 N–H and O–H groups in total. The Morgan fingerprint density at radius 2 is 1.96 bits per heavy atom. The molecule has 2 rings (SSSR count). The summed E-state index contributed by atoms with van der Waals surface area (Å²) in [5.41, 5.74) is 2.84. The molecule has 0 fully saturated rings. The van der Waals surface area contributed by atoms with Crippen LogP contribution >= 0.6 is 11.6 Å². The first-order valence-corrected chi connectivity index (χ1v) is 9.58. The molecule has 1 atom stereocenters. The Kier molecular flexibility index (Phi) is 8.13. The van der Waals surface area contributed by atoms with E-state index < -0.39 is 0 Å². The molecule has 0 aliphatic heterocycles. The molecule has 0 bridgehead atoms. The zero-order chi connectivity index (χ0) is 18.9. The maximum atomic E-state index is 12.3. The van der Waals surface area contributed by atoms with E-state index in [4.69, 9.17) is 16.1 Å². The normalized spacial score (nSPS) is 12.3. The summed E-state index contributed by atoms with van der Waals surface area (Å²) in [6.07, 6.45) is 1.83. The van der Waals surface area contributed by atoms with Gasteiger partial charge in [0.05, 0.1) is 5.69 Å². The lowest BCUT2D eigenvalue weighted by molar-refractivity contribution is -0.121. The van der Waals surface area contributed by atoms with Gasteiger partial charge in [-0.15, -0.1) is 0 Å². The molecule has 0 aliphatic carbocycles. The van der Waals surface area contributed by atoms with E-state index in [9.17, 15) is 4.79 Å². The van der Waals surface area contributed by atoms with Crippen LogP contribution in [0.2, 0.25) is 5.22 Å². The number of nitrogens with one attached hydrogen (secondary N) is 1. The molecule has 2 aromatic rings. The van der Waals surface area contributed by atoms with Gasteiger partial charge < -0.3 is 9.84 Å². The zero-order valence-corrected chi connectivity index (χ0v) is 16.6. The van der Waals surface area contributed by atoms with E-state index in [1.807, 2.05) is 13.0 Å². The van der Waals surface area contributed by atoms with Crippen molar-refractivity contribution >= 4 is 17.5 Å². The van der Waals surface area contributed by atoms with Gasteiger partial charge in [-0.25, -0.2) is 0 Å². The van der Waals surface area contributed by atoms with E-state index in [1.54, 1.807) is 0 Å². The number of halogens is 1. The van der Waals surface area contributed by atoms with Crippen molar-refractivity contribution in [2.45, 2.75) is 46.1 Å². The van der Waals surface area contributed by atoms with Crippen LogP contribution in [0.4, 0.5) is 0 Å². The third-order valence-corrected chi connectivity index (χ3v) is 5.01. The molecule has 1 aromatic carbocycles. The summed E-state index contributed by atoms with van der Waals surface area (Å²) in [6, 6.07) is 10.7. The largest absolute Gasteiger partial charge is 0.355 e. The van der Waals surface area contributed by atoms with Crippen molar-refractivity contribution in [1.82, 2.24) is 15.4 Å². The molecule has 5 nitrogen and oxygen atoms in total. The van der Waals surface area contributed by atoms with Crippen LogP contribution in [0, 0.1) is 6.92 Å². The predicted octanol–water partition coefficient (Wildman–Crippen LogP) is 3.64. The Morgan fingerprint density at radius 3 is 2.54 bits per heavy atom. The molecular formula is C20H28ClN3O2. The lowest BCUT2D eigenvalue weighted by Crippen LogP contribution is -2.45. The van der Waals surface area contributed by atoms with Crippen LogP contribution in [-0.2, 0) is 17.6 Å². The van der Waals surface area contributed by atoms with E-state index in [0.717, 1.165) is 30.8 Å². The Labute approximate surface area is 160 Å². The van der Waals surface area contributed by atoms with E-state index in [2.05, 4.69) is 53.5 Å². The second-order valence-corrected chi connectivity index (χ2v) is 6.73. The van der Waals surface area contributed by atoms with Gasteiger partial charge in [0.2, 0.25) is 11.1 Å². The fourth-order valence-corrected chi connectivity index (χ4v) is 3.42. The number of carbonyl (C=O) groups is 1. The first-order chi connectivity index (χ1) is 12.5. The molecule has 0 saturated heterocycles. The van der Waals surface area contributed by atoms with Crippen LogP contribution in [0.1, 0.15) is 37.1 Å². The number of aryl methyl sites for hydroxylation is 1. The monoisotopic (exact) mass is 377 g/mol. The average Bonchev–Trinajstić information content (AvgIpc) is 2.97. The molecule has 0 radical (unpaired) electrons. The van der Waals surface area contributed by atoms with Crippen molar-refractivity contribution in [2.24, 2.45) is 0 Å². The summed E-state index contributed by atoms with van der Waals surface area (Å²) in [6.45, 7) is 8.68. The van der Waals surface area contributed by atoms with Crippen molar-refractivity contribution in [2.75, 3.05) is 19.6 Å². The molecule has 0 aliphatic rings. The number of benzene rings is 1. The molecular weight excluding hydrogens is 350 g/mol. The summed E-state index contributed by atoms with van der Waals surface area (Å²) < 4.78 is 4.93. The number of carbonyl (C=O) groups excluding carboxylic acids is 1. The molecule has 0 saturated carbocycles. The van der Waals surface area contributed by atoms with Gasteiger partial charge in [0.15, 0.2) is 0 Å². The minimum Gasteiger partial charge on any atom is -0.355 e. The summed E-state index contributed by atoms with van der Waals surface area (Å²) in [5, 5.41) is 7.17. The van der Waals surface area contributed by atoms with Crippen molar-refractivity contribution in [3.8, 4) is 0 Å². The van der Waals surface area contributed by atoms with Gasteiger partial charge in [-0.3, -0.25) is 9.69 Å². The topological polar surface area (TPSA) is 58.4 Å². The lowest BCUT2D eigenvalue weighted by atomic mass is 10.0. The van der Waals surface area contributed by atoms with Gasteiger partial charge >= 0.3 is 0 Å². The number of likely N-dealkylation sites (N-methyl/N-ethyl adjacent to an activating group) is 1. The Balaban J connectivity index is 1.90. The van der Waals surface area contributed by atoms with Gasteiger partial charge in [0.1, 0.15) is 0 Å². The van der Waals surface area contributed by atoms with E-state index in [-0.39, 0.29) is 17.2 Å². The van der Waals surface area contributed by atoms with Gasteiger partial charge in [-0.1, -0.05) is 49.3 Å². The van der Waals surface area contributed by atoms with E-state index in [1.165, 1.54) is 5.56 Å². The molecule has 26 heavy (non-hydrogen) atoms. The van der Waals surface area contributed by atoms with Crippen molar-refractivity contribution in [3.63, 3.8) is 0 Å². The van der Waals surface area contributed by atoms with Gasteiger partial charge in [-0.2, -0.15) is 0 Å². The minimum atomic E-state index is 0.0203. The molecule has 0 spiro atoms. The first kappa shape index (κ1) is 20.5. The molecule has 142 valence electrons. The van der Waals surface area contributed by atoms with Gasteiger partial charge in [0, 0.05) is 24.6 Å². The van der Waals surface area contributed by atoms with Crippen molar-refractivity contribution in [1.29, 1.82) is 0 Å². The van der Waals surface area contributed by atoms with Crippen LogP contribution in [-0.4, -0.2) is 41.6 Å². The quantitative estimate of drug-likeness (QED) is 0.686. The first-order valence-electron chi connectivity index (χ1n) is 9.20. The number of amides is 1. The maximum Gasteiger partial charge on any atom is 0.229 e. The Bertz CT molecular complexity index is 664. The summed E-state index contributed by atoms with van der Waals surface area (Å²) >= 11 is 5.96. The average molecular weight is 378 g/mol. The molecule has 1 amide bonds. The Morgan fingerprint density at radius 1 is 1.27 bits per heavy atom. The number of hydrogen-bond donors (Lipinski definition) is 1. The van der Waals surface area contributed by atoms with Gasteiger partial charge in [0.25, 0.3) is 0 Å². The summed E-state index contributed by atoms with van der Waals surface area (Å²) in [4.78, 5) is 14.7. The highest BCUT2D eigenvalue weighted by Gasteiger charge is 2.18. The van der Waals surface area contributed by atoms with Crippen molar-refractivity contribution in [3.05, 3.63) is 52.4 Å². The number of nitrogens with zero attached hydrogens (tertiary/aromatic N) is 2. The second-order valence-electron chi connectivity index (χ2n) is 6.39. The standard InChI is InChI=1S/C20H28ClN3O2/c1-4-24(5-2)17(13-16-9-7-6-8-10-16)14-22-19(25)12-11-18-15(3)23-26-20(18)21/h6-10,17H,4-5,11-14H2,1-3H3,(H,22,25). The summed E-state index contributed by atoms with van der Waals surface area (Å²) in [7, 11) is 0. The number of aromatic nitrogens is 1. The molecule has 1 unspecified atom stereocenters. The van der Waals surface area contributed by atoms with Crippen LogP contribution in [0.25, 0.3) is 0 Å². The van der Waals surface area contributed by atoms with Crippen LogP contribution in [0.5, 0.6) is 0 Å². The molecule has 6 heteroatoms. The second kappa shape index (κ2) is 10.3. The summed E-state index contributed by atoms with van der Waals surface area (Å²) in [5.74, 6) is 0.0203. The highest BCUT2D eigenvalue weighted by molar-refractivity contribution is 6.29. The van der Waals surface area contributed by atoms with Crippen LogP contribution in [0.15, 0.2) is 34.9 Å². The fraction of sp³-hybridized carbons (Fsp3) is 0.500. The highest BCUT2D eigenvalue weighted by atomic mass is 35.5. The number of rotatable bonds is 10. The minimum absolute atomic E-state index is 0.0203.